The number of carbonyl (C=O) groups excluding carboxylic acids is 1. The Hall–Kier alpha value is -2.03. The van der Waals surface area contributed by atoms with E-state index < -0.39 is 10.0 Å². The molecular weight excluding hydrogens is 330 g/mol. The first kappa shape index (κ1) is 16.8. The van der Waals surface area contributed by atoms with Crippen LogP contribution in [-0.4, -0.2) is 68.4 Å². The summed E-state index contributed by atoms with van der Waals surface area (Å²) in [4.78, 5) is 17.5. The summed E-state index contributed by atoms with van der Waals surface area (Å²) in [6.07, 6.45) is 3.25. The lowest BCUT2D eigenvalue weighted by molar-refractivity contribution is -0.142. The van der Waals surface area contributed by atoms with Crippen LogP contribution < -0.4 is 0 Å². The average molecular weight is 349 g/mol. The fourth-order valence-electron chi connectivity index (χ4n) is 2.83. The molecule has 1 aromatic heterocycles. The summed E-state index contributed by atoms with van der Waals surface area (Å²) in [5.74, 6) is -0.312. The second kappa shape index (κ2) is 6.84. The standard InChI is InChI=1S/C16H19N3O4S/c1-23-16(20)12-18-7-9-19(10-8-18)24(21,22)15-4-2-3-13-11-17-6-5-14(13)15/h2-6,11H,7-10,12H2,1H3. The van der Waals surface area contributed by atoms with Gasteiger partial charge in [0.25, 0.3) is 0 Å². The summed E-state index contributed by atoms with van der Waals surface area (Å²) in [6.45, 7) is 1.88. The van der Waals surface area contributed by atoms with E-state index in [0.29, 0.717) is 36.5 Å². The van der Waals surface area contributed by atoms with Crippen LogP contribution >= 0.6 is 0 Å². The highest BCUT2D eigenvalue weighted by Crippen LogP contribution is 2.25. The predicted molar refractivity (Wildman–Crippen MR) is 89.0 cm³/mol. The van der Waals surface area contributed by atoms with Crippen LogP contribution in [0.4, 0.5) is 0 Å². The van der Waals surface area contributed by atoms with Crippen molar-refractivity contribution in [2.75, 3.05) is 39.8 Å². The Labute approximate surface area is 140 Å². The van der Waals surface area contributed by atoms with Gasteiger partial charge in [0.1, 0.15) is 0 Å². The number of piperazine rings is 1. The van der Waals surface area contributed by atoms with Crippen LogP contribution in [0.15, 0.2) is 41.6 Å². The molecule has 0 amide bonds. The minimum atomic E-state index is -3.58. The lowest BCUT2D eigenvalue weighted by Crippen LogP contribution is -2.49. The van der Waals surface area contributed by atoms with Gasteiger partial charge in [-0.3, -0.25) is 14.7 Å². The van der Waals surface area contributed by atoms with E-state index in [0.717, 1.165) is 5.39 Å². The maximum atomic E-state index is 13.0. The van der Waals surface area contributed by atoms with Crippen molar-refractivity contribution in [1.29, 1.82) is 0 Å². The van der Waals surface area contributed by atoms with Gasteiger partial charge in [-0.25, -0.2) is 8.42 Å². The molecule has 2 aromatic rings. The molecule has 24 heavy (non-hydrogen) atoms. The van der Waals surface area contributed by atoms with Gasteiger partial charge < -0.3 is 4.74 Å². The molecular formula is C16H19N3O4S. The van der Waals surface area contributed by atoms with Gasteiger partial charge in [-0.15, -0.1) is 0 Å². The summed E-state index contributed by atoms with van der Waals surface area (Å²) in [6, 6.07) is 6.91. The van der Waals surface area contributed by atoms with Gasteiger partial charge in [-0.2, -0.15) is 4.31 Å². The monoisotopic (exact) mass is 349 g/mol. The zero-order chi connectivity index (χ0) is 17.2. The Morgan fingerprint density at radius 3 is 2.67 bits per heavy atom. The van der Waals surface area contributed by atoms with Crippen LogP contribution in [0, 0.1) is 0 Å². The molecule has 8 heteroatoms. The Kier molecular flexibility index (Phi) is 4.79. The van der Waals surface area contributed by atoms with Crippen molar-refractivity contribution in [2.45, 2.75) is 4.90 Å². The summed E-state index contributed by atoms with van der Waals surface area (Å²) in [5.41, 5.74) is 0. The Bertz CT molecular complexity index is 840. The van der Waals surface area contributed by atoms with Crippen LogP contribution in [-0.2, 0) is 19.6 Å². The van der Waals surface area contributed by atoms with E-state index in [1.807, 2.05) is 11.0 Å². The fraction of sp³-hybridized carbons (Fsp3) is 0.375. The summed E-state index contributed by atoms with van der Waals surface area (Å²) in [7, 11) is -2.24. The molecule has 7 nitrogen and oxygen atoms in total. The third kappa shape index (κ3) is 3.26. The Morgan fingerprint density at radius 1 is 1.21 bits per heavy atom. The van der Waals surface area contributed by atoms with E-state index in [9.17, 15) is 13.2 Å². The molecule has 0 bridgehead atoms. The van der Waals surface area contributed by atoms with Gasteiger partial charge >= 0.3 is 5.97 Å². The highest BCUT2D eigenvalue weighted by molar-refractivity contribution is 7.89. The van der Waals surface area contributed by atoms with Crippen LogP contribution in [0.3, 0.4) is 0 Å². The highest BCUT2D eigenvalue weighted by Gasteiger charge is 2.30. The first-order valence-corrected chi connectivity index (χ1v) is 9.08. The molecule has 0 saturated carbocycles. The van der Waals surface area contributed by atoms with Crippen molar-refractivity contribution < 1.29 is 17.9 Å². The lowest BCUT2D eigenvalue weighted by atomic mass is 10.2. The normalized spacial score (nSPS) is 17.0. The quantitative estimate of drug-likeness (QED) is 0.757. The molecule has 0 atom stereocenters. The van der Waals surface area contributed by atoms with E-state index in [4.69, 9.17) is 0 Å². The number of hydrogen-bond acceptors (Lipinski definition) is 6. The lowest BCUT2D eigenvalue weighted by Gasteiger charge is -2.33. The second-order valence-corrected chi connectivity index (χ2v) is 7.52. The molecule has 1 aliphatic heterocycles. The molecule has 128 valence electrons. The molecule has 1 aromatic carbocycles. The minimum Gasteiger partial charge on any atom is -0.468 e. The molecule has 1 saturated heterocycles. The van der Waals surface area contributed by atoms with Gasteiger partial charge in [-0.1, -0.05) is 12.1 Å². The first-order valence-electron chi connectivity index (χ1n) is 7.64. The van der Waals surface area contributed by atoms with Crippen molar-refractivity contribution in [2.24, 2.45) is 0 Å². The zero-order valence-electron chi connectivity index (χ0n) is 13.4. The first-order chi connectivity index (χ1) is 11.5. The number of sulfonamides is 1. The van der Waals surface area contributed by atoms with Crippen LogP contribution in [0.1, 0.15) is 0 Å². The smallest absolute Gasteiger partial charge is 0.319 e. The SMILES string of the molecule is COC(=O)CN1CCN(S(=O)(=O)c2cccc3cnccc23)CC1. The minimum absolute atomic E-state index is 0.185. The van der Waals surface area contributed by atoms with Crippen molar-refractivity contribution in [3.05, 3.63) is 36.7 Å². The van der Waals surface area contributed by atoms with Gasteiger partial charge in [0.15, 0.2) is 0 Å². The van der Waals surface area contributed by atoms with Crippen LogP contribution in [0.2, 0.25) is 0 Å². The number of rotatable bonds is 4. The fourth-order valence-corrected chi connectivity index (χ4v) is 4.47. The Balaban J connectivity index is 1.80. The Morgan fingerprint density at radius 2 is 1.96 bits per heavy atom. The molecule has 2 heterocycles. The number of methoxy groups -OCH3 is 1. The molecule has 0 aliphatic carbocycles. The number of ether oxygens (including phenoxy) is 1. The van der Waals surface area contributed by atoms with E-state index >= 15 is 0 Å². The third-order valence-electron chi connectivity index (χ3n) is 4.17. The number of esters is 1. The highest BCUT2D eigenvalue weighted by atomic mass is 32.2. The van der Waals surface area contributed by atoms with Crippen LogP contribution in [0.25, 0.3) is 10.8 Å². The van der Waals surface area contributed by atoms with Crippen molar-refractivity contribution in [3.63, 3.8) is 0 Å². The topological polar surface area (TPSA) is 79.8 Å². The third-order valence-corrected chi connectivity index (χ3v) is 6.13. The van der Waals surface area contributed by atoms with Crippen LogP contribution in [0.5, 0.6) is 0 Å². The molecule has 1 fully saturated rings. The van der Waals surface area contributed by atoms with Crippen molar-refractivity contribution >= 4 is 26.8 Å². The van der Waals surface area contributed by atoms with Gasteiger partial charge in [0, 0.05) is 49.3 Å². The van der Waals surface area contributed by atoms with Crippen molar-refractivity contribution in [1.82, 2.24) is 14.2 Å². The van der Waals surface area contributed by atoms with E-state index in [1.54, 1.807) is 30.6 Å². The molecule has 0 spiro atoms. The number of carbonyl (C=O) groups is 1. The van der Waals surface area contributed by atoms with E-state index in [1.165, 1.54) is 11.4 Å². The molecule has 0 unspecified atom stereocenters. The van der Waals surface area contributed by atoms with Gasteiger partial charge in [0.2, 0.25) is 10.0 Å². The number of pyridine rings is 1. The maximum Gasteiger partial charge on any atom is 0.319 e. The van der Waals surface area contributed by atoms with E-state index in [2.05, 4.69) is 9.72 Å². The summed E-state index contributed by atoms with van der Waals surface area (Å²) < 4.78 is 32.1. The maximum absolute atomic E-state index is 13.0. The zero-order valence-corrected chi connectivity index (χ0v) is 14.2. The predicted octanol–water partition coefficient (Wildman–Crippen LogP) is 0.714. The second-order valence-electron chi connectivity index (χ2n) is 5.61. The number of aromatic nitrogens is 1. The summed E-state index contributed by atoms with van der Waals surface area (Å²) >= 11 is 0. The molecule has 3 rings (SSSR count). The summed E-state index contributed by atoms with van der Waals surface area (Å²) in [5, 5.41) is 1.47. The van der Waals surface area contributed by atoms with Gasteiger partial charge in [-0.05, 0) is 12.1 Å². The largest absolute Gasteiger partial charge is 0.468 e. The molecule has 0 radical (unpaired) electrons. The van der Waals surface area contributed by atoms with Crippen molar-refractivity contribution in [3.8, 4) is 0 Å². The molecule has 0 N–H and O–H groups in total. The number of benzene rings is 1. The number of hydrogen-bond donors (Lipinski definition) is 0. The number of fused-ring (bicyclic) bond motifs is 1. The number of nitrogens with zero attached hydrogens (tertiary/aromatic N) is 3. The molecule has 1 aliphatic rings. The average Bonchev–Trinajstić information content (AvgIpc) is 2.61. The van der Waals surface area contributed by atoms with E-state index in [-0.39, 0.29) is 12.5 Å². The van der Waals surface area contributed by atoms with Gasteiger partial charge in [0.05, 0.1) is 18.6 Å².